The van der Waals surface area contributed by atoms with E-state index >= 15 is 0 Å². The van der Waals surface area contributed by atoms with Gasteiger partial charge in [0.15, 0.2) is 5.96 Å². The van der Waals surface area contributed by atoms with Gasteiger partial charge in [0.25, 0.3) is 0 Å². The summed E-state index contributed by atoms with van der Waals surface area (Å²) in [6.07, 6.45) is 1.87. The molecule has 1 aromatic rings. The second-order valence-corrected chi connectivity index (χ2v) is 4.96. The molecule has 4 nitrogen and oxygen atoms in total. The summed E-state index contributed by atoms with van der Waals surface area (Å²) >= 11 is 0. The standard InChI is InChI=1S/C15H22FN3O/c1-17-15(18-8-5-9-20-2)19-14-10-12(14)11-6-3-4-7-13(11)16/h3-4,6-7,12,14H,5,8-10H2,1-2H3,(H2,17,18,19). The van der Waals surface area contributed by atoms with E-state index in [1.165, 1.54) is 6.07 Å². The largest absolute Gasteiger partial charge is 0.385 e. The van der Waals surface area contributed by atoms with Gasteiger partial charge < -0.3 is 15.4 Å². The lowest BCUT2D eigenvalue weighted by Gasteiger charge is -2.11. The molecule has 2 rings (SSSR count). The number of ether oxygens (including phenoxy) is 1. The molecule has 1 fully saturated rings. The highest BCUT2D eigenvalue weighted by Crippen LogP contribution is 2.41. The van der Waals surface area contributed by atoms with E-state index in [1.807, 2.05) is 12.1 Å². The molecule has 20 heavy (non-hydrogen) atoms. The summed E-state index contributed by atoms with van der Waals surface area (Å²) in [6, 6.07) is 7.24. The van der Waals surface area contributed by atoms with Gasteiger partial charge in [-0.25, -0.2) is 4.39 Å². The summed E-state index contributed by atoms with van der Waals surface area (Å²) in [4.78, 5) is 4.18. The molecule has 0 amide bonds. The molecule has 1 aromatic carbocycles. The van der Waals surface area contributed by atoms with Crippen molar-refractivity contribution in [2.24, 2.45) is 4.99 Å². The molecule has 2 unspecified atom stereocenters. The number of halogens is 1. The maximum atomic E-state index is 13.7. The first-order valence-electron chi connectivity index (χ1n) is 6.96. The maximum Gasteiger partial charge on any atom is 0.191 e. The zero-order chi connectivity index (χ0) is 14.4. The zero-order valence-corrected chi connectivity index (χ0v) is 12.0. The Bertz CT molecular complexity index is 464. The topological polar surface area (TPSA) is 45.7 Å². The Labute approximate surface area is 119 Å². The first-order chi connectivity index (χ1) is 9.76. The van der Waals surface area contributed by atoms with Crippen molar-refractivity contribution in [1.29, 1.82) is 0 Å². The van der Waals surface area contributed by atoms with E-state index in [-0.39, 0.29) is 17.8 Å². The number of hydrogen-bond donors (Lipinski definition) is 2. The van der Waals surface area contributed by atoms with E-state index in [1.54, 1.807) is 20.2 Å². The van der Waals surface area contributed by atoms with Crippen LogP contribution in [-0.2, 0) is 4.74 Å². The lowest BCUT2D eigenvalue weighted by molar-refractivity contribution is 0.195. The van der Waals surface area contributed by atoms with Gasteiger partial charge in [0.2, 0.25) is 0 Å². The molecule has 0 heterocycles. The Morgan fingerprint density at radius 3 is 2.95 bits per heavy atom. The molecule has 110 valence electrons. The normalized spacial score (nSPS) is 21.6. The van der Waals surface area contributed by atoms with Crippen molar-refractivity contribution in [3.05, 3.63) is 35.6 Å². The number of hydrogen-bond acceptors (Lipinski definition) is 2. The average Bonchev–Trinajstić information content (AvgIpc) is 3.22. The van der Waals surface area contributed by atoms with Crippen LogP contribution in [0, 0.1) is 5.82 Å². The van der Waals surface area contributed by atoms with Gasteiger partial charge in [0, 0.05) is 39.3 Å². The number of nitrogens with one attached hydrogen (secondary N) is 2. The molecular formula is C15H22FN3O. The number of rotatable bonds is 6. The van der Waals surface area contributed by atoms with E-state index < -0.39 is 0 Å². The second kappa shape index (κ2) is 7.24. The molecule has 0 radical (unpaired) electrons. The van der Waals surface area contributed by atoms with Crippen molar-refractivity contribution in [1.82, 2.24) is 10.6 Å². The number of guanidine groups is 1. The predicted octanol–water partition coefficient (Wildman–Crippen LogP) is 1.88. The third kappa shape index (κ3) is 3.93. The quantitative estimate of drug-likeness (QED) is 0.475. The van der Waals surface area contributed by atoms with Crippen molar-refractivity contribution in [2.45, 2.75) is 24.8 Å². The first-order valence-corrected chi connectivity index (χ1v) is 6.96. The molecule has 0 bridgehead atoms. The van der Waals surface area contributed by atoms with Gasteiger partial charge in [-0.2, -0.15) is 0 Å². The van der Waals surface area contributed by atoms with Gasteiger partial charge in [0.1, 0.15) is 5.82 Å². The fourth-order valence-corrected chi connectivity index (χ4v) is 2.27. The fraction of sp³-hybridized carbons (Fsp3) is 0.533. The smallest absolute Gasteiger partial charge is 0.191 e. The van der Waals surface area contributed by atoms with E-state index in [0.29, 0.717) is 0 Å². The van der Waals surface area contributed by atoms with Gasteiger partial charge in [-0.15, -0.1) is 0 Å². The summed E-state index contributed by atoms with van der Waals surface area (Å²) < 4.78 is 18.7. The van der Waals surface area contributed by atoms with Crippen LogP contribution in [-0.4, -0.2) is 39.3 Å². The number of methoxy groups -OCH3 is 1. The fourth-order valence-electron chi connectivity index (χ4n) is 2.27. The number of aliphatic imine (C=N–C) groups is 1. The Morgan fingerprint density at radius 2 is 2.25 bits per heavy atom. The zero-order valence-electron chi connectivity index (χ0n) is 12.0. The minimum Gasteiger partial charge on any atom is -0.385 e. The minimum absolute atomic E-state index is 0.121. The summed E-state index contributed by atoms with van der Waals surface area (Å²) in [7, 11) is 3.43. The van der Waals surface area contributed by atoms with Crippen LogP contribution in [0.25, 0.3) is 0 Å². The van der Waals surface area contributed by atoms with Crippen LogP contribution in [0.5, 0.6) is 0 Å². The van der Waals surface area contributed by atoms with Crippen LogP contribution < -0.4 is 10.6 Å². The highest BCUT2D eigenvalue weighted by Gasteiger charge is 2.40. The molecule has 0 spiro atoms. The Kier molecular flexibility index (Phi) is 5.35. The minimum atomic E-state index is -0.121. The first kappa shape index (κ1) is 14.8. The van der Waals surface area contributed by atoms with Crippen molar-refractivity contribution in [3.63, 3.8) is 0 Å². The molecule has 0 aromatic heterocycles. The van der Waals surface area contributed by atoms with Crippen molar-refractivity contribution >= 4 is 5.96 Å². The van der Waals surface area contributed by atoms with Crippen LogP contribution in [0.3, 0.4) is 0 Å². The Hall–Kier alpha value is -1.62. The van der Waals surface area contributed by atoms with E-state index in [4.69, 9.17) is 4.74 Å². The average molecular weight is 279 g/mol. The summed E-state index contributed by atoms with van der Waals surface area (Å²) in [5.41, 5.74) is 0.792. The second-order valence-electron chi connectivity index (χ2n) is 4.96. The molecule has 1 aliphatic rings. The number of benzene rings is 1. The Morgan fingerprint density at radius 1 is 1.45 bits per heavy atom. The highest BCUT2D eigenvalue weighted by molar-refractivity contribution is 5.80. The molecule has 2 atom stereocenters. The van der Waals surface area contributed by atoms with Gasteiger partial charge in [-0.1, -0.05) is 18.2 Å². The maximum absolute atomic E-state index is 13.7. The SMILES string of the molecule is CN=C(NCCCOC)NC1CC1c1ccccc1F. The van der Waals surface area contributed by atoms with Crippen LogP contribution in [0.1, 0.15) is 24.3 Å². The summed E-state index contributed by atoms with van der Waals surface area (Å²) in [5.74, 6) is 0.892. The van der Waals surface area contributed by atoms with Crippen molar-refractivity contribution < 1.29 is 9.13 Å². The summed E-state index contributed by atoms with van der Waals surface area (Å²) in [6.45, 7) is 1.54. The molecule has 1 saturated carbocycles. The molecule has 0 saturated heterocycles. The van der Waals surface area contributed by atoms with E-state index in [9.17, 15) is 4.39 Å². The van der Waals surface area contributed by atoms with Crippen molar-refractivity contribution in [3.8, 4) is 0 Å². The van der Waals surface area contributed by atoms with Gasteiger partial charge >= 0.3 is 0 Å². The Balaban J connectivity index is 1.79. The van der Waals surface area contributed by atoms with Gasteiger partial charge in [-0.05, 0) is 24.5 Å². The monoisotopic (exact) mass is 279 g/mol. The summed E-state index contributed by atoms with van der Waals surface area (Å²) in [5, 5.41) is 6.55. The van der Waals surface area contributed by atoms with Crippen molar-refractivity contribution in [2.75, 3.05) is 27.3 Å². The van der Waals surface area contributed by atoms with Crippen LogP contribution in [0.4, 0.5) is 4.39 Å². The number of nitrogens with zero attached hydrogens (tertiary/aromatic N) is 1. The predicted molar refractivity (Wildman–Crippen MR) is 78.5 cm³/mol. The molecule has 2 N–H and O–H groups in total. The molecule has 1 aliphatic carbocycles. The molecule has 0 aliphatic heterocycles. The van der Waals surface area contributed by atoms with E-state index in [0.717, 1.165) is 37.5 Å². The lowest BCUT2D eigenvalue weighted by atomic mass is 10.1. The van der Waals surface area contributed by atoms with E-state index in [2.05, 4.69) is 15.6 Å². The highest BCUT2D eigenvalue weighted by atomic mass is 19.1. The van der Waals surface area contributed by atoms with Gasteiger partial charge in [0.05, 0.1) is 0 Å². The van der Waals surface area contributed by atoms with Crippen LogP contribution >= 0.6 is 0 Å². The van der Waals surface area contributed by atoms with Gasteiger partial charge in [-0.3, -0.25) is 4.99 Å². The third-order valence-corrected chi connectivity index (χ3v) is 3.46. The molecular weight excluding hydrogens is 257 g/mol. The lowest BCUT2D eigenvalue weighted by Crippen LogP contribution is -2.39. The molecule has 5 heteroatoms. The third-order valence-electron chi connectivity index (χ3n) is 3.46. The van der Waals surface area contributed by atoms with Crippen LogP contribution in [0.15, 0.2) is 29.3 Å². The van der Waals surface area contributed by atoms with Crippen LogP contribution in [0.2, 0.25) is 0 Å².